The molecule has 0 atom stereocenters. The van der Waals surface area contributed by atoms with Gasteiger partial charge < -0.3 is 10.3 Å². The van der Waals surface area contributed by atoms with Gasteiger partial charge in [-0.15, -0.1) is 0 Å². The first-order valence-electron chi connectivity index (χ1n) is 4.35. The minimum atomic E-state index is 0.774. The van der Waals surface area contributed by atoms with Crippen LogP contribution in [0.1, 0.15) is 0 Å². The van der Waals surface area contributed by atoms with Crippen LogP contribution in [0.5, 0.6) is 0 Å². The molecule has 0 bridgehead atoms. The molecular formula is C11H11BrN2. The van der Waals surface area contributed by atoms with Crippen molar-refractivity contribution < 1.29 is 0 Å². The molecule has 0 fully saturated rings. The van der Waals surface area contributed by atoms with E-state index in [9.17, 15) is 0 Å². The molecule has 2 N–H and O–H groups in total. The van der Waals surface area contributed by atoms with Gasteiger partial charge in [-0.1, -0.05) is 34.1 Å². The smallest absolute Gasteiger partial charge is 0.103 e. The van der Waals surface area contributed by atoms with E-state index in [1.165, 1.54) is 5.56 Å². The topological polar surface area (TPSA) is 30.9 Å². The van der Waals surface area contributed by atoms with Gasteiger partial charge in [-0.05, 0) is 17.7 Å². The number of nitrogens with zero attached hydrogens (tertiary/aromatic N) is 1. The van der Waals surface area contributed by atoms with Crippen LogP contribution in [0.25, 0.3) is 11.1 Å². The molecule has 0 aliphatic heterocycles. The van der Waals surface area contributed by atoms with Gasteiger partial charge in [-0.2, -0.15) is 0 Å². The molecule has 1 aromatic heterocycles. The van der Waals surface area contributed by atoms with Crippen LogP contribution < -0.4 is 5.73 Å². The Hall–Kier alpha value is -1.22. The summed E-state index contributed by atoms with van der Waals surface area (Å²) in [6.07, 6.45) is 2.02. The SMILES string of the molecule is Cn1cc(-c2ccccc2Br)cc1N. The Morgan fingerprint density at radius 3 is 2.57 bits per heavy atom. The lowest BCUT2D eigenvalue weighted by Crippen LogP contribution is -1.92. The van der Waals surface area contributed by atoms with Gasteiger partial charge in [0.1, 0.15) is 5.82 Å². The lowest BCUT2D eigenvalue weighted by atomic mass is 10.1. The Morgan fingerprint density at radius 2 is 2.00 bits per heavy atom. The number of hydrogen-bond donors (Lipinski definition) is 1. The largest absolute Gasteiger partial charge is 0.385 e. The molecule has 0 spiro atoms. The summed E-state index contributed by atoms with van der Waals surface area (Å²) >= 11 is 3.52. The molecule has 0 aliphatic rings. The molecule has 1 aromatic carbocycles. The van der Waals surface area contributed by atoms with Crippen molar-refractivity contribution in [2.45, 2.75) is 0 Å². The van der Waals surface area contributed by atoms with Crippen molar-refractivity contribution >= 4 is 21.7 Å². The van der Waals surface area contributed by atoms with Crippen LogP contribution in [0.3, 0.4) is 0 Å². The Bertz CT molecular complexity index is 441. The van der Waals surface area contributed by atoms with E-state index in [0.29, 0.717) is 0 Å². The number of aromatic nitrogens is 1. The molecule has 3 heteroatoms. The maximum atomic E-state index is 5.78. The monoisotopic (exact) mass is 250 g/mol. The number of benzene rings is 1. The summed E-state index contributed by atoms with van der Waals surface area (Å²) in [5.41, 5.74) is 8.08. The van der Waals surface area contributed by atoms with E-state index in [-0.39, 0.29) is 0 Å². The Balaban J connectivity index is 2.55. The molecule has 0 saturated heterocycles. The second-order valence-electron chi connectivity index (χ2n) is 3.24. The van der Waals surface area contributed by atoms with Crippen molar-refractivity contribution in [1.82, 2.24) is 4.57 Å². The van der Waals surface area contributed by atoms with Gasteiger partial charge in [0.25, 0.3) is 0 Å². The van der Waals surface area contributed by atoms with Gasteiger partial charge in [0.15, 0.2) is 0 Å². The number of nitrogen functional groups attached to an aromatic ring is 1. The van der Waals surface area contributed by atoms with Crippen LogP contribution in [0, 0.1) is 0 Å². The van der Waals surface area contributed by atoms with Crippen LogP contribution in [0.4, 0.5) is 5.82 Å². The zero-order valence-corrected chi connectivity index (χ0v) is 9.45. The summed E-state index contributed by atoms with van der Waals surface area (Å²) in [6, 6.07) is 10.1. The Morgan fingerprint density at radius 1 is 1.29 bits per heavy atom. The van der Waals surface area contributed by atoms with Gasteiger partial charge in [0.05, 0.1) is 0 Å². The number of anilines is 1. The number of aryl methyl sites for hydroxylation is 1. The number of nitrogens with two attached hydrogens (primary N) is 1. The Kier molecular flexibility index (Phi) is 2.33. The van der Waals surface area contributed by atoms with Crippen molar-refractivity contribution in [3.63, 3.8) is 0 Å². The molecule has 0 radical (unpaired) electrons. The van der Waals surface area contributed by atoms with Crippen molar-refractivity contribution in [1.29, 1.82) is 0 Å². The molecule has 2 rings (SSSR count). The van der Waals surface area contributed by atoms with E-state index < -0.39 is 0 Å². The van der Waals surface area contributed by atoms with E-state index >= 15 is 0 Å². The number of halogens is 1. The molecule has 0 saturated carbocycles. The van der Waals surface area contributed by atoms with E-state index in [4.69, 9.17) is 5.73 Å². The van der Waals surface area contributed by atoms with Crippen molar-refractivity contribution in [3.05, 3.63) is 41.0 Å². The fourth-order valence-electron chi connectivity index (χ4n) is 1.42. The molecule has 0 unspecified atom stereocenters. The molecule has 0 amide bonds. The summed E-state index contributed by atoms with van der Waals surface area (Å²) < 4.78 is 3.00. The second-order valence-corrected chi connectivity index (χ2v) is 4.10. The van der Waals surface area contributed by atoms with Gasteiger partial charge in [-0.3, -0.25) is 0 Å². The third kappa shape index (κ3) is 1.55. The molecule has 2 aromatic rings. The van der Waals surface area contributed by atoms with Crippen LogP contribution >= 0.6 is 15.9 Å². The third-order valence-corrected chi connectivity index (χ3v) is 2.92. The van der Waals surface area contributed by atoms with Gasteiger partial charge in [0, 0.05) is 23.3 Å². The minimum absolute atomic E-state index is 0.774. The zero-order chi connectivity index (χ0) is 10.1. The Labute approximate surface area is 91.5 Å². The molecule has 2 nitrogen and oxygen atoms in total. The summed E-state index contributed by atoms with van der Waals surface area (Å²) in [4.78, 5) is 0. The number of rotatable bonds is 1. The lowest BCUT2D eigenvalue weighted by molar-refractivity contribution is 0.942. The molecule has 0 aliphatic carbocycles. The van der Waals surface area contributed by atoms with Crippen LogP contribution in [0.15, 0.2) is 41.0 Å². The van der Waals surface area contributed by atoms with E-state index in [2.05, 4.69) is 22.0 Å². The normalized spacial score (nSPS) is 10.4. The minimum Gasteiger partial charge on any atom is -0.385 e. The fourth-order valence-corrected chi connectivity index (χ4v) is 1.94. The molecule has 14 heavy (non-hydrogen) atoms. The van der Waals surface area contributed by atoms with Crippen LogP contribution in [0.2, 0.25) is 0 Å². The first-order chi connectivity index (χ1) is 6.68. The van der Waals surface area contributed by atoms with Gasteiger partial charge >= 0.3 is 0 Å². The maximum Gasteiger partial charge on any atom is 0.103 e. The maximum absolute atomic E-state index is 5.78. The molecular weight excluding hydrogens is 240 g/mol. The first kappa shape index (κ1) is 9.34. The quantitative estimate of drug-likeness (QED) is 0.829. The van der Waals surface area contributed by atoms with Gasteiger partial charge in [-0.25, -0.2) is 0 Å². The predicted molar refractivity (Wildman–Crippen MR) is 63.0 cm³/mol. The molecule has 1 heterocycles. The predicted octanol–water partition coefficient (Wildman–Crippen LogP) is 3.04. The second kappa shape index (κ2) is 3.50. The van der Waals surface area contributed by atoms with Gasteiger partial charge in [0.2, 0.25) is 0 Å². The van der Waals surface area contributed by atoms with E-state index in [1.807, 2.05) is 42.1 Å². The highest BCUT2D eigenvalue weighted by Gasteiger charge is 2.05. The third-order valence-electron chi connectivity index (χ3n) is 2.23. The highest BCUT2D eigenvalue weighted by molar-refractivity contribution is 9.10. The highest BCUT2D eigenvalue weighted by atomic mass is 79.9. The van der Waals surface area contributed by atoms with Crippen molar-refractivity contribution in [2.24, 2.45) is 7.05 Å². The van der Waals surface area contributed by atoms with E-state index in [0.717, 1.165) is 15.9 Å². The highest BCUT2D eigenvalue weighted by Crippen LogP contribution is 2.29. The average molecular weight is 251 g/mol. The summed E-state index contributed by atoms with van der Waals surface area (Å²) in [5.74, 6) is 0.774. The lowest BCUT2D eigenvalue weighted by Gasteiger charge is -1.99. The van der Waals surface area contributed by atoms with Crippen molar-refractivity contribution in [2.75, 3.05) is 5.73 Å². The van der Waals surface area contributed by atoms with Crippen LogP contribution in [-0.2, 0) is 7.05 Å². The fraction of sp³-hybridized carbons (Fsp3) is 0.0909. The average Bonchev–Trinajstić information content (AvgIpc) is 2.48. The standard InChI is InChI=1S/C11H11BrN2/c1-14-7-8(6-11(14)13)9-4-2-3-5-10(9)12/h2-7H,13H2,1H3. The molecule has 72 valence electrons. The van der Waals surface area contributed by atoms with E-state index in [1.54, 1.807) is 0 Å². The summed E-state index contributed by atoms with van der Waals surface area (Å²) in [6.45, 7) is 0. The van der Waals surface area contributed by atoms with Crippen molar-refractivity contribution in [3.8, 4) is 11.1 Å². The number of hydrogen-bond acceptors (Lipinski definition) is 1. The first-order valence-corrected chi connectivity index (χ1v) is 5.14. The summed E-state index contributed by atoms with van der Waals surface area (Å²) in [7, 11) is 1.94. The summed E-state index contributed by atoms with van der Waals surface area (Å²) in [5, 5.41) is 0. The van der Waals surface area contributed by atoms with Crippen LogP contribution in [-0.4, -0.2) is 4.57 Å². The zero-order valence-electron chi connectivity index (χ0n) is 7.87.